The lowest BCUT2D eigenvalue weighted by atomic mass is 9.93. The van der Waals surface area contributed by atoms with Crippen LogP contribution in [0, 0.1) is 17.8 Å². The van der Waals surface area contributed by atoms with Gasteiger partial charge in [0.2, 0.25) is 0 Å². The third kappa shape index (κ3) is 2.48. The van der Waals surface area contributed by atoms with E-state index in [-0.39, 0.29) is 0 Å². The van der Waals surface area contributed by atoms with Crippen molar-refractivity contribution in [1.82, 2.24) is 5.32 Å². The molecule has 0 spiro atoms. The molecule has 96 valence electrons. The molecule has 2 aliphatic rings. The van der Waals surface area contributed by atoms with Crippen LogP contribution in [-0.4, -0.2) is 6.54 Å². The van der Waals surface area contributed by atoms with Gasteiger partial charge in [-0.15, -0.1) is 0 Å². The van der Waals surface area contributed by atoms with Gasteiger partial charge in [0.25, 0.3) is 0 Å². The molecular weight excluding hydrogens is 242 g/mol. The summed E-state index contributed by atoms with van der Waals surface area (Å²) in [6, 6.07) is 8.53. The third-order valence-electron chi connectivity index (χ3n) is 4.45. The highest BCUT2D eigenvalue weighted by molar-refractivity contribution is 6.30. The zero-order chi connectivity index (χ0) is 12.5. The molecule has 0 heterocycles. The van der Waals surface area contributed by atoms with Crippen LogP contribution in [-0.2, 0) is 0 Å². The van der Waals surface area contributed by atoms with E-state index >= 15 is 0 Å². The molecule has 4 atom stereocenters. The molecular formula is C16H20ClN. The largest absolute Gasteiger partial charge is 0.310 e. The summed E-state index contributed by atoms with van der Waals surface area (Å²) in [5.41, 5.74) is 1.28. The standard InChI is InChI=1S/C16H20ClN/c1-11(13-3-2-4-16(17)9-13)18-10-15-8-12-5-6-14(15)7-12/h2-6,9,11-12,14-15,18H,7-8,10H2,1H3. The van der Waals surface area contributed by atoms with E-state index in [9.17, 15) is 0 Å². The Morgan fingerprint density at radius 1 is 1.33 bits per heavy atom. The Morgan fingerprint density at radius 2 is 2.22 bits per heavy atom. The molecule has 3 rings (SSSR count). The van der Waals surface area contributed by atoms with Gasteiger partial charge in [-0.3, -0.25) is 0 Å². The van der Waals surface area contributed by atoms with E-state index in [1.54, 1.807) is 0 Å². The summed E-state index contributed by atoms with van der Waals surface area (Å²) in [7, 11) is 0. The molecule has 1 N–H and O–H groups in total. The number of allylic oxidation sites excluding steroid dienone is 2. The number of hydrogen-bond acceptors (Lipinski definition) is 1. The molecule has 0 amide bonds. The van der Waals surface area contributed by atoms with Crippen molar-refractivity contribution in [3.8, 4) is 0 Å². The van der Waals surface area contributed by atoms with Crippen molar-refractivity contribution < 1.29 is 0 Å². The Kier molecular flexibility index (Phi) is 3.45. The van der Waals surface area contributed by atoms with Crippen molar-refractivity contribution in [2.75, 3.05) is 6.54 Å². The minimum atomic E-state index is 0.381. The van der Waals surface area contributed by atoms with Gasteiger partial charge in [-0.25, -0.2) is 0 Å². The summed E-state index contributed by atoms with van der Waals surface area (Å²) in [4.78, 5) is 0. The summed E-state index contributed by atoms with van der Waals surface area (Å²) in [6.45, 7) is 3.34. The van der Waals surface area contributed by atoms with E-state index in [2.05, 4.69) is 36.5 Å². The van der Waals surface area contributed by atoms with E-state index in [0.29, 0.717) is 6.04 Å². The van der Waals surface area contributed by atoms with Gasteiger partial charge in [0.05, 0.1) is 0 Å². The van der Waals surface area contributed by atoms with Gasteiger partial charge in [0.1, 0.15) is 0 Å². The lowest BCUT2D eigenvalue weighted by Crippen LogP contribution is -2.27. The molecule has 0 radical (unpaired) electrons. The van der Waals surface area contributed by atoms with Crippen molar-refractivity contribution in [2.24, 2.45) is 17.8 Å². The average Bonchev–Trinajstić information content (AvgIpc) is 2.98. The molecule has 2 bridgehead atoms. The van der Waals surface area contributed by atoms with E-state index in [4.69, 9.17) is 11.6 Å². The number of benzene rings is 1. The minimum absolute atomic E-state index is 0.381. The molecule has 0 aliphatic heterocycles. The van der Waals surface area contributed by atoms with Crippen LogP contribution in [0.1, 0.15) is 31.4 Å². The Hall–Kier alpha value is -0.790. The van der Waals surface area contributed by atoms with Crippen LogP contribution in [0.15, 0.2) is 36.4 Å². The van der Waals surface area contributed by atoms with Gasteiger partial charge < -0.3 is 5.32 Å². The summed E-state index contributed by atoms with van der Waals surface area (Å²) in [5.74, 6) is 2.53. The highest BCUT2D eigenvalue weighted by Gasteiger charge is 2.35. The van der Waals surface area contributed by atoms with Gasteiger partial charge in [-0.1, -0.05) is 35.9 Å². The molecule has 1 fully saturated rings. The predicted molar refractivity (Wildman–Crippen MR) is 76.7 cm³/mol. The first-order chi connectivity index (χ1) is 8.72. The summed E-state index contributed by atoms with van der Waals surface area (Å²) >= 11 is 6.03. The first-order valence-corrected chi connectivity index (χ1v) is 7.27. The molecule has 1 saturated carbocycles. The lowest BCUT2D eigenvalue weighted by molar-refractivity contribution is 0.393. The molecule has 1 nitrogen and oxygen atoms in total. The zero-order valence-electron chi connectivity index (χ0n) is 10.8. The van der Waals surface area contributed by atoms with Crippen LogP contribution >= 0.6 is 11.6 Å². The van der Waals surface area contributed by atoms with Crippen molar-refractivity contribution in [2.45, 2.75) is 25.8 Å². The molecule has 2 heteroatoms. The fraction of sp³-hybridized carbons (Fsp3) is 0.500. The normalized spacial score (nSPS) is 30.9. The maximum atomic E-state index is 6.03. The molecule has 1 aromatic rings. The maximum absolute atomic E-state index is 6.03. The van der Waals surface area contributed by atoms with Crippen molar-refractivity contribution in [3.05, 3.63) is 47.0 Å². The van der Waals surface area contributed by atoms with E-state index in [1.807, 2.05) is 12.1 Å². The SMILES string of the molecule is CC(NCC1CC2C=CC1C2)c1cccc(Cl)c1. The van der Waals surface area contributed by atoms with Crippen LogP contribution in [0.2, 0.25) is 5.02 Å². The second-order valence-corrected chi connectivity index (χ2v) is 6.16. The van der Waals surface area contributed by atoms with E-state index < -0.39 is 0 Å². The quantitative estimate of drug-likeness (QED) is 0.801. The lowest BCUT2D eigenvalue weighted by Gasteiger charge is -2.22. The summed E-state index contributed by atoms with van der Waals surface area (Å²) < 4.78 is 0. The third-order valence-corrected chi connectivity index (χ3v) is 4.69. The smallest absolute Gasteiger partial charge is 0.0409 e. The summed E-state index contributed by atoms with van der Waals surface area (Å²) in [5, 5.41) is 4.48. The summed E-state index contributed by atoms with van der Waals surface area (Å²) in [6.07, 6.45) is 7.58. The second-order valence-electron chi connectivity index (χ2n) is 5.73. The Bertz CT molecular complexity index is 454. The fourth-order valence-electron chi connectivity index (χ4n) is 3.35. The van der Waals surface area contributed by atoms with Crippen LogP contribution in [0.4, 0.5) is 0 Å². The highest BCUT2D eigenvalue weighted by atomic mass is 35.5. The maximum Gasteiger partial charge on any atom is 0.0409 e. The molecule has 4 unspecified atom stereocenters. The van der Waals surface area contributed by atoms with Gasteiger partial charge in [0.15, 0.2) is 0 Å². The van der Waals surface area contributed by atoms with E-state index in [0.717, 1.165) is 29.3 Å². The monoisotopic (exact) mass is 261 g/mol. The zero-order valence-corrected chi connectivity index (χ0v) is 11.5. The van der Waals surface area contributed by atoms with Crippen LogP contribution in [0.25, 0.3) is 0 Å². The Labute approximate surface area is 114 Å². The minimum Gasteiger partial charge on any atom is -0.310 e. The molecule has 18 heavy (non-hydrogen) atoms. The molecule has 2 aliphatic carbocycles. The number of halogens is 1. The van der Waals surface area contributed by atoms with Gasteiger partial charge in [-0.2, -0.15) is 0 Å². The molecule has 1 aromatic carbocycles. The van der Waals surface area contributed by atoms with Crippen molar-refractivity contribution in [1.29, 1.82) is 0 Å². The van der Waals surface area contributed by atoms with Crippen molar-refractivity contribution >= 4 is 11.6 Å². The van der Waals surface area contributed by atoms with Gasteiger partial charge >= 0.3 is 0 Å². The number of rotatable bonds is 4. The Morgan fingerprint density at radius 3 is 2.89 bits per heavy atom. The highest BCUT2D eigenvalue weighted by Crippen LogP contribution is 2.43. The second kappa shape index (κ2) is 5.07. The van der Waals surface area contributed by atoms with Crippen LogP contribution < -0.4 is 5.32 Å². The fourth-order valence-corrected chi connectivity index (χ4v) is 3.55. The van der Waals surface area contributed by atoms with Crippen LogP contribution in [0.5, 0.6) is 0 Å². The predicted octanol–water partition coefficient (Wildman–Crippen LogP) is 4.20. The first-order valence-electron chi connectivity index (χ1n) is 6.89. The molecule has 0 saturated heterocycles. The van der Waals surface area contributed by atoms with Gasteiger partial charge in [-0.05, 0) is 61.8 Å². The van der Waals surface area contributed by atoms with E-state index in [1.165, 1.54) is 18.4 Å². The number of fused-ring (bicyclic) bond motifs is 2. The van der Waals surface area contributed by atoms with Gasteiger partial charge in [0, 0.05) is 11.1 Å². The first kappa shape index (κ1) is 12.3. The number of nitrogens with one attached hydrogen (secondary N) is 1. The Balaban J connectivity index is 1.55. The number of hydrogen-bond donors (Lipinski definition) is 1. The van der Waals surface area contributed by atoms with Crippen molar-refractivity contribution in [3.63, 3.8) is 0 Å². The van der Waals surface area contributed by atoms with Crippen LogP contribution in [0.3, 0.4) is 0 Å². The topological polar surface area (TPSA) is 12.0 Å². The average molecular weight is 262 g/mol. The molecule has 0 aromatic heterocycles.